The fourth-order valence-corrected chi connectivity index (χ4v) is 3.04. The molecule has 2 aromatic heterocycles. The normalized spacial score (nSPS) is 10.4. The number of thiazole rings is 1. The minimum absolute atomic E-state index is 0.0955. The molecular formula is C12H12N2O4S2. The zero-order valence-corrected chi connectivity index (χ0v) is 12.0. The Bertz CT molecular complexity index is 580. The lowest BCUT2D eigenvalue weighted by atomic mass is 10.3. The van der Waals surface area contributed by atoms with E-state index in [1.807, 2.05) is 0 Å². The predicted octanol–water partition coefficient (Wildman–Crippen LogP) is 1.77. The summed E-state index contributed by atoms with van der Waals surface area (Å²) in [5, 5.41) is 13.1. The third kappa shape index (κ3) is 4.71. The molecule has 2 rings (SSSR count). The molecule has 0 saturated carbocycles. The molecule has 0 fully saturated rings. The molecule has 0 spiro atoms. The highest BCUT2D eigenvalue weighted by Gasteiger charge is 2.09. The molecule has 2 aromatic rings. The summed E-state index contributed by atoms with van der Waals surface area (Å²) < 4.78 is 5.79. The molecule has 6 nitrogen and oxygen atoms in total. The second-order valence-corrected chi connectivity index (χ2v) is 5.90. The van der Waals surface area contributed by atoms with Crippen LogP contribution in [0.15, 0.2) is 32.5 Å². The van der Waals surface area contributed by atoms with Crippen LogP contribution in [0, 0.1) is 0 Å². The molecule has 0 aliphatic carbocycles. The van der Waals surface area contributed by atoms with Gasteiger partial charge in [-0.2, -0.15) is 0 Å². The molecule has 0 aliphatic rings. The number of hydrogen-bond acceptors (Lipinski definition) is 6. The van der Waals surface area contributed by atoms with Gasteiger partial charge >= 0.3 is 5.97 Å². The monoisotopic (exact) mass is 312 g/mol. The van der Waals surface area contributed by atoms with E-state index in [0.717, 1.165) is 0 Å². The van der Waals surface area contributed by atoms with Crippen molar-refractivity contribution in [2.24, 2.45) is 0 Å². The van der Waals surface area contributed by atoms with Gasteiger partial charge in [-0.15, -0.1) is 11.3 Å². The van der Waals surface area contributed by atoms with Crippen molar-refractivity contribution in [3.63, 3.8) is 0 Å². The quantitative estimate of drug-likeness (QED) is 0.757. The molecule has 106 valence electrons. The summed E-state index contributed by atoms with van der Waals surface area (Å²) in [4.78, 5) is 26.3. The number of carboxylic acids is 1. The van der Waals surface area contributed by atoms with Crippen LogP contribution >= 0.6 is 23.1 Å². The number of carboxylic acid groups (broad SMARTS) is 1. The summed E-state index contributed by atoms with van der Waals surface area (Å²) in [5.41, 5.74) is 0.515. The molecule has 0 atom stereocenters. The van der Waals surface area contributed by atoms with Crippen LogP contribution in [0.4, 0.5) is 0 Å². The fraction of sp³-hybridized carbons (Fsp3) is 0.250. The van der Waals surface area contributed by atoms with Crippen LogP contribution < -0.4 is 5.32 Å². The smallest absolute Gasteiger partial charge is 0.309 e. The molecule has 0 aliphatic heterocycles. The summed E-state index contributed by atoms with van der Waals surface area (Å²) in [6.45, 7) is 0.356. The number of thioether (sulfide) groups is 1. The number of rotatable bonds is 7. The maximum absolute atomic E-state index is 11.6. The Balaban J connectivity index is 1.72. The predicted molar refractivity (Wildman–Crippen MR) is 74.7 cm³/mol. The van der Waals surface area contributed by atoms with E-state index in [9.17, 15) is 9.59 Å². The van der Waals surface area contributed by atoms with Crippen molar-refractivity contribution >= 4 is 35.0 Å². The highest BCUT2D eigenvalue weighted by Crippen LogP contribution is 2.22. The van der Waals surface area contributed by atoms with Gasteiger partial charge in [0.1, 0.15) is 5.76 Å². The first-order chi connectivity index (χ1) is 9.63. The summed E-state index contributed by atoms with van der Waals surface area (Å²) in [6, 6.07) is 3.54. The van der Waals surface area contributed by atoms with Gasteiger partial charge in [0.25, 0.3) is 0 Å². The number of furan rings is 1. The second-order valence-electron chi connectivity index (χ2n) is 3.82. The summed E-state index contributed by atoms with van der Waals surface area (Å²) in [6.07, 6.45) is 1.46. The number of carbonyl (C=O) groups excluding carboxylic acids is 1. The third-order valence-electron chi connectivity index (χ3n) is 2.23. The van der Waals surface area contributed by atoms with Crippen molar-refractivity contribution in [1.82, 2.24) is 10.3 Å². The van der Waals surface area contributed by atoms with E-state index < -0.39 is 5.97 Å². The van der Waals surface area contributed by atoms with E-state index in [-0.39, 0.29) is 18.1 Å². The molecule has 2 heterocycles. The molecule has 0 radical (unpaired) electrons. The van der Waals surface area contributed by atoms with Crippen LogP contribution in [0.1, 0.15) is 11.5 Å². The number of aromatic nitrogens is 1. The Morgan fingerprint density at radius 1 is 1.50 bits per heavy atom. The third-order valence-corrected chi connectivity index (χ3v) is 4.30. The number of aliphatic carboxylic acids is 1. The Kier molecular flexibility index (Phi) is 5.19. The summed E-state index contributed by atoms with van der Waals surface area (Å²) in [5.74, 6) is -0.105. The minimum Gasteiger partial charge on any atom is -0.481 e. The molecular weight excluding hydrogens is 300 g/mol. The summed E-state index contributed by atoms with van der Waals surface area (Å²) >= 11 is 2.62. The second kappa shape index (κ2) is 7.11. The van der Waals surface area contributed by atoms with Crippen LogP contribution in [0.25, 0.3) is 0 Å². The van der Waals surface area contributed by atoms with Gasteiger partial charge in [0, 0.05) is 5.38 Å². The standard InChI is InChI=1S/C12H12N2O4S2/c15-10(13-5-9-2-1-3-18-9)7-20-12-14-8(6-19-12)4-11(16)17/h1-3,6H,4-5,7H2,(H,13,15)(H,16,17). The van der Waals surface area contributed by atoms with Crippen LogP contribution in [-0.4, -0.2) is 27.7 Å². The molecule has 20 heavy (non-hydrogen) atoms. The van der Waals surface area contributed by atoms with Gasteiger partial charge in [0.15, 0.2) is 4.34 Å². The lowest BCUT2D eigenvalue weighted by molar-refractivity contribution is -0.136. The average molecular weight is 312 g/mol. The van der Waals surface area contributed by atoms with Gasteiger partial charge in [-0.25, -0.2) is 4.98 Å². The maximum atomic E-state index is 11.6. The van der Waals surface area contributed by atoms with E-state index >= 15 is 0 Å². The number of amides is 1. The van der Waals surface area contributed by atoms with Gasteiger partial charge in [0.2, 0.25) is 5.91 Å². The van der Waals surface area contributed by atoms with Crippen LogP contribution in [-0.2, 0) is 22.6 Å². The maximum Gasteiger partial charge on any atom is 0.309 e. The number of nitrogens with one attached hydrogen (secondary N) is 1. The summed E-state index contributed by atoms with van der Waals surface area (Å²) in [7, 11) is 0. The number of nitrogens with zero attached hydrogens (tertiary/aromatic N) is 1. The molecule has 8 heteroatoms. The van der Waals surface area contributed by atoms with Gasteiger partial charge in [-0.05, 0) is 12.1 Å². The Labute approximate surface area is 123 Å². The highest BCUT2D eigenvalue weighted by atomic mass is 32.2. The van der Waals surface area contributed by atoms with Gasteiger partial charge < -0.3 is 14.8 Å². The first kappa shape index (κ1) is 14.6. The van der Waals surface area contributed by atoms with Crippen LogP contribution in [0.5, 0.6) is 0 Å². The van der Waals surface area contributed by atoms with Crippen LogP contribution in [0.2, 0.25) is 0 Å². The fourth-order valence-electron chi connectivity index (χ4n) is 1.37. The van der Waals surface area contributed by atoms with Crippen molar-refractivity contribution in [1.29, 1.82) is 0 Å². The van der Waals surface area contributed by atoms with Gasteiger partial charge in [0.05, 0.1) is 30.7 Å². The van der Waals surface area contributed by atoms with Crippen molar-refractivity contribution in [2.45, 2.75) is 17.3 Å². The van der Waals surface area contributed by atoms with E-state index in [1.54, 1.807) is 23.8 Å². The lowest BCUT2D eigenvalue weighted by Gasteiger charge is -2.01. The lowest BCUT2D eigenvalue weighted by Crippen LogP contribution is -2.24. The van der Waals surface area contributed by atoms with E-state index in [1.165, 1.54) is 23.1 Å². The van der Waals surface area contributed by atoms with Crippen molar-refractivity contribution in [3.05, 3.63) is 35.2 Å². The first-order valence-electron chi connectivity index (χ1n) is 5.71. The zero-order valence-electron chi connectivity index (χ0n) is 10.4. The Morgan fingerprint density at radius 3 is 3.05 bits per heavy atom. The average Bonchev–Trinajstić information content (AvgIpc) is 3.04. The Morgan fingerprint density at radius 2 is 2.35 bits per heavy atom. The SMILES string of the molecule is O=C(O)Cc1csc(SCC(=O)NCc2ccco2)n1. The zero-order chi connectivity index (χ0) is 14.4. The topological polar surface area (TPSA) is 92.4 Å². The van der Waals surface area contributed by atoms with Gasteiger partial charge in [-0.3, -0.25) is 9.59 Å². The molecule has 0 aromatic carbocycles. The van der Waals surface area contributed by atoms with Crippen molar-refractivity contribution in [2.75, 3.05) is 5.75 Å². The first-order valence-corrected chi connectivity index (χ1v) is 7.58. The highest BCUT2D eigenvalue weighted by molar-refractivity contribution is 8.01. The molecule has 0 bridgehead atoms. The molecule has 2 N–H and O–H groups in total. The van der Waals surface area contributed by atoms with E-state index in [2.05, 4.69) is 10.3 Å². The van der Waals surface area contributed by atoms with Crippen molar-refractivity contribution < 1.29 is 19.1 Å². The largest absolute Gasteiger partial charge is 0.481 e. The number of carbonyl (C=O) groups is 2. The van der Waals surface area contributed by atoms with E-state index in [4.69, 9.17) is 9.52 Å². The Hall–Kier alpha value is -1.80. The van der Waals surface area contributed by atoms with Crippen LogP contribution in [0.3, 0.4) is 0 Å². The molecule has 1 amide bonds. The molecule has 0 unspecified atom stereocenters. The number of hydrogen-bond donors (Lipinski definition) is 2. The van der Waals surface area contributed by atoms with Crippen molar-refractivity contribution in [3.8, 4) is 0 Å². The molecule has 0 saturated heterocycles. The van der Waals surface area contributed by atoms with Gasteiger partial charge in [-0.1, -0.05) is 11.8 Å². The minimum atomic E-state index is -0.914. The van der Waals surface area contributed by atoms with E-state index in [0.29, 0.717) is 22.3 Å².